The number of carbonyl (C=O) groups is 2. The molecule has 0 atom stereocenters. The molecule has 30 heavy (non-hydrogen) atoms. The summed E-state index contributed by atoms with van der Waals surface area (Å²) < 4.78 is 11.9. The van der Waals surface area contributed by atoms with Gasteiger partial charge in [0.1, 0.15) is 12.3 Å². The minimum atomic E-state index is -0.552. The van der Waals surface area contributed by atoms with Crippen LogP contribution in [-0.2, 0) is 17.8 Å². The van der Waals surface area contributed by atoms with E-state index in [-0.39, 0.29) is 12.3 Å². The molecule has 6 nitrogen and oxygen atoms in total. The van der Waals surface area contributed by atoms with E-state index in [1.165, 1.54) is 0 Å². The van der Waals surface area contributed by atoms with Gasteiger partial charge in [-0.15, -0.1) is 6.58 Å². The van der Waals surface area contributed by atoms with Crippen LogP contribution in [-0.4, -0.2) is 18.5 Å². The van der Waals surface area contributed by atoms with Gasteiger partial charge in [0.15, 0.2) is 11.5 Å². The van der Waals surface area contributed by atoms with E-state index in [1.54, 1.807) is 30.4 Å². The lowest BCUT2D eigenvalue weighted by molar-refractivity contribution is -0.115. The van der Waals surface area contributed by atoms with E-state index in [4.69, 9.17) is 32.7 Å². The normalized spacial score (nSPS) is 14.4. The number of rotatable bonds is 8. The third-order valence-electron chi connectivity index (χ3n) is 4.22. The minimum absolute atomic E-state index is 0.163. The summed E-state index contributed by atoms with van der Waals surface area (Å²) >= 11 is 12.1. The van der Waals surface area contributed by atoms with Crippen LogP contribution in [0.15, 0.2) is 48.7 Å². The Bertz CT molecular complexity index is 1030. The summed E-state index contributed by atoms with van der Waals surface area (Å²) in [5.74, 6) is 0.613. The lowest BCUT2D eigenvalue weighted by atomic mass is 10.0. The molecule has 2 aromatic rings. The number of hydrogen-bond donors (Lipinski definition) is 2. The van der Waals surface area contributed by atoms with Crippen molar-refractivity contribution in [3.05, 3.63) is 75.4 Å². The van der Waals surface area contributed by atoms with Crippen LogP contribution in [0.25, 0.3) is 6.08 Å². The number of nitrogens with one attached hydrogen (secondary N) is 2. The minimum Gasteiger partial charge on any atom is -0.490 e. The zero-order valence-electron chi connectivity index (χ0n) is 16.3. The Hall–Kier alpha value is -2.96. The van der Waals surface area contributed by atoms with Gasteiger partial charge in [-0.3, -0.25) is 10.1 Å². The van der Waals surface area contributed by atoms with Crippen molar-refractivity contribution in [3.63, 3.8) is 0 Å². The maximum Gasteiger partial charge on any atom is 0.326 e. The van der Waals surface area contributed by atoms with Crippen molar-refractivity contribution in [3.8, 4) is 11.5 Å². The van der Waals surface area contributed by atoms with Gasteiger partial charge in [0.05, 0.1) is 16.7 Å². The fourth-order valence-electron chi connectivity index (χ4n) is 2.93. The molecule has 8 heteroatoms. The SMILES string of the molecule is C=CCc1cc(/C=C2\NC(=O)NC2=O)cc(OCC)c1OCc1ccc(Cl)c(Cl)c1. The van der Waals surface area contributed by atoms with Gasteiger partial charge in [0.25, 0.3) is 5.91 Å². The quantitative estimate of drug-likeness (QED) is 0.344. The zero-order valence-corrected chi connectivity index (χ0v) is 17.8. The van der Waals surface area contributed by atoms with Gasteiger partial charge < -0.3 is 14.8 Å². The summed E-state index contributed by atoms with van der Waals surface area (Å²) in [4.78, 5) is 23.2. The average Bonchev–Trinajstić information content (AvgIpc) is 3.01. The van der Waals surface area contributed by atoms with Gasteiger partial charge in [-0.1, -0.05) is 35.3 Å². The van der Waals surface area contributed by atoms with E-state index >= 15 is 0 Å². The molecule has 1 aliphatic heterocycles. The lowest BCUT2D eigenvalue weighted by Crippen LogP contribution is -2.22. The van der Waals surface area contributed by atoms with Crippen molar-refractivity contribution in [1.82, 2.24) is 10.6 Å². The number of carbonyl (C=O) groups excluding carboxylic acids is 2. The molecule has 2 aromatic carbocycles. The molecule has 1 heterocycles. The Labute approximate surface area is 184 Å². The fourth-order valence-corrected chi connectivity index (χ4v) is 3.26. The van der Waals surface area contributed by atoms with Crippen LogP contribution in [0.1, 0.15) is 23.6 Å². The number of hydrogen-bond acceptors (Lipinski definition) is 4. The molecular formula is C22H20Cl2N2O4. The van der Waals surface area contributed by atoms with Crippen molar-refractivity contribution in [2.24, 2.45) is 0 Å². The highest BCUT2D eigenvalue weighted by Gasteiger charge is 2.23. The van der Waals surface area contributed by atoms with Crippen LogP contribution in [0.4, 0.5) is 4.79 Å². The molecule has 0 radical (unpaired) electrons. The smallest absolute Gasteiger partial charge is 0.326 e. The van der Waals surface area contributed by atoms with Crippen LogP contribution >= 0.6 is 23.2 Å². The Balaban J connectivity index is 1.95. The molecule has 0 aromatic heterocycles. The predicted molar refractivity (Wildman–Crippen MR) is 117 cm³/mol. The second-order valence-electron chi connectivity index (χ2n) is 6.44. The molecule has 0 unspecified atom stereocenters. The molecule has 0 saturated carbocycles. The first kappa shape index (κ1) is 21.7. The van der Waals surface area contributed by atoms with E-state index in [0.29, 0.717) is 40.1 Å². The Morgan fingerprint density at radius 2 is 1.87 bits per heavy atom. The first-order chi connectivity index (χ1) is 14.4. The summed E-state index contributed by atoms with van der Waals surface area (Å²) in [6.07, 6.45) is 3.85. The molecule has 156 valence electrons. The molecule has 3 amide bonds. The van der Waals surface area contributed by atoms with E-state index in [9.17, 15) is 9.59 Å². The monoisotopic (exact) mass is 446 g/mol. The predicted octanol–water partition coefficient (Wildman–Crippen LogP) is 4.88. The summed E-state index contributed by atoms with van der Waals surface area (Å²) in [6, 6.07) is 8.36. The fraction of sp³-hybridized carbons (Fsp3) is 0.182. The number of allylic oxidation sites excluding steroid dienone is 1. The molecule has 0 spiro atoms. The number of halogens is 2. The lowest BCUT2D eigenvalue weighted by Gasteiger charge is -2.17. The number of ether oxygens (including phenoxy) is 2. The van der Waals surface area contributed by atoms with Crippen LogP contribution in [0.3, 0.4) is 0 Å². The Kier molecular flexibility index (Phi) is 7.03. The first-order valence-electron chi connectivity index (χ1n) is 9.22. The van der Waals surface area contributed by atoms with Crippen LogP contribution in [0.5, 0.6) is 11.5 Å². The standard InChI is InChI=1S/C22H20Cl2N2O4/c1-3-5-15-8-14(10-18-21(27)26-22(28)25-18)11-19(29-4-2)20(15)30-12-13-6-7-16(23)17(24)9-13/h3,6-11H,1,4-5,12H2,2H3,(H2,25,26,27,28)/b18-10-. The van der Waals surface area contributed by atoms with Gasteiger partial charge in [-0.25, -0.2) is 4.79 Å². The topological polar surface area (TPSA) is 76.7 Å². The largest absolute Gasteiger partial charge is 0.490 e. The Morgan fingerprint density at radius 1 is 1.07 bits per heavy atom. The van der Waals surface area contributed by atoms with Crippen molar-refractivity contribution in [1.29, 1.82) is 0 Å². The van der Waals surface area contributed by atoms with E-state index < -0.39 is 11.9 Å². The van der Waals surface area contributed by atoms with Gasteiger partial charge >= 0.3 is 6.03 Å². The highest BCUT2D eigenvalue weighted by Crippen LogP contribution is 2.35. The zero-order chi connectivity index (χ0) is 21.7. The molecule has 1 fully saturated rings. The van der Waals surface area contributed by atoms with Crippen LogP contribution in [0.2, 0.25) is 10.0 Å². The second kappa shape index (κ2) is 9.69. The summed E-state index contributed by atoms with van der Waals surface area (Å²) in [6.45, 7) is 6.36. The number of benzene rings is 2. The molecule has 1 aliphatic rings. The van der Waals surface area contributed by atoms with Crippen molar-refractivity contribution < 1.29 is 19.1 Å². The van der Waals surface area contributed by atoms with Gasteiger partial charge in [-0.05, 0) is 54.8 Å². The second-order valence-corrected chi connectivity index (χ2v) is 7.25. The summed E-state index contributed by atoms with van der Waals surface area (Å²) in [7, 11) is 0. The Morgan fingerprint density at radius 3 is 2.50 bits per heavy atom. The summed E-state index contributed by atoms with van der Waals surface area (Å²) in [5.41, 5.74) is 2.53. The van der Waals surface area contributed by atoms with Crippen LogP contribution in [0, 0.1) is 0 Å². The molecule has 2 N–H and O–H groups in total. The van der Waals surface area contributed by atoms with Gasteiger partial charge in [0, 0.05) is 5.56 Å². The van der Waals surface area contributed by atoms with E-state index in [1.807, 2.05) is 19.1 Å². The number of imide groups is 1. The molecule has 1 saturated heterocycles. The van der Waals surface area contributed by atoms with Crippen LogP contribution < -0.4 is 20.1 Å². The highest BCUT2D eigenvalue weighted by molar-refractivity contribution is 6.42. The number of amides is 3. The van der Waals surface area contributed by atoms with Gasteiger partial charge in [-0.2, -0.15) is 0 Å². The third-order valence-corrected chi connectivity index (χ3v) is 4.96. The highest BCUT2D eigenvalue weighted by atomic mass is 35.5. The van der Waals surface area contributed by atoms with Gasteiger partial charge in [0.2, 0.25) is 0 Å². The van der Waals surface area contributed by atoms with Crippen molar-refractivity contribution in [2.75, 3.05) is 6.61 Å². The van der Waals surface area contributed by atoms with Crippen molar-refractivity contribution >= 4 is 41.2 Å². The molecule has 0 aliphatic carbocycles. The van der Waals surface area contributed by atoms with Crippen molar-refractivity contribution in [2.45, 2.75) is 20.0 Å². The third kappa shape index (κ3) is 5.14. The molecule has 3 rings (SSSR count). The maximum atomic E-state index is 11.8. The first-order valence-corrected chi connectivity index (χ1v) is 9.98. The van der Waals surface area contributed by atoms with E-state index in [2.05, 4.69) is 17.2 Å². The van der Waals surface area contributed by atoms with E-state index in [0.717, 1.165) is 11.1 Å². The maximum absolute atomic E-state index is 11.8. The molecular weight excluding hydrogens is 427 g/mol. The summed E-state index contributed by atoms with van der Waals surface area (Å²) in [5, 5.41) is 5.57. The molecule has 0 bridgehead atoms. The average molecular weight is 447 g/mol. The number of urea groups is 1.